The molecule has 132 valence electrons. The maximum absolute atomic E-state index is 13.6. The summed E-state index contributed by atoms with van der Waals surface area (Å²) < 4.78 is 24.5. The first-order valence-corrected chi connectivity index (χ1v) is 7.76. The lowest BCUT2D eigenvalue weighted by atomic mass is 10.0. The molecule has 1 aliphatic heterocycles. The van der Waals surface area contributed by atoms with Crippen LogP contribution in [0.15, 0.2) is 24.4 Å². The minimum atomic E-state index is -1.53. The fraction of sp³-hybridized carbons (Fsp3) is 0.353. The number of alkyl halides is 1. The molecule has 1 fully saturated rings. The number of carbonyl (C=O) groups excluding carboxylic acids is 2. The van der Waals surface area contributed by atoms with E-state index in [0.29, 0.717) is 22.4 Å². The zero-order valence-corrected chi connectivity index (χ0v) is 13.8. The number of ether oxygens (including phenoxy) is 2. The van der Waals surface area contributed by atoms with Crippen LogP contribution in [0, 0.1) is 5.92 Å². The summed E-state index contributed by atoms with van der Waals surface area (Å²) in [5.41, 5.74) is 5.61. The Labute approximate surface area is 143 Å². The van der Waals surface area contributed by atoms with Gasteiger partial charge in [0.05, 0.1) is 18.7 Å². The number of nitrogens with one attached hydrogen (secondary N) is 1. The number of methoxy groups -OCH3 is 1. The fourth-order valence-electron chi connectivity index (χ4n) is 2.85. The molecule has 0 unspecified atom stereocenters. The number of rotatable bonds is 5. The molecule has 7 nitrogen and oxygen atoms in total. The molecule has 0 saturated carbocycles. The second kappa shape index (κ2) is 6.54. The average Bonchev–Trinajstić information content (AvgIpc) is 2.85. The Kier molecular flexibility index (Phi) is 4.43. The molecule has 0 radical (unpaired) electrons. The molecular weight excluding hydrogens is 329 g/mol. The molecule has 3 N–H and O–H groups in total. The number of aromatic nitrogens is 1. The minimum absolute atomic E-state index is 0.0827. The third kappa shape index (κ3) is 3.07. The SMILES string of the molecule is COc1cc2c(OC[C@H]3NC(=O)[C@@H](F)[C@H]3C)nccc2cc1C(N)=O. The Morgan fingerprint density at radius 1 is 1.44 bits per heavy atom. The van der Waals surface area contributed by atoms with E-state index in [1.165, 1.54) is 13.3 Å². The van der Waals surface area contributed by atoms with E-state index >= 15 is 0 Å². The summed E-state index contributed by atoms with van der Waals surface area (Å²) in [6, 6.07) is 4.49. The second-order valence-electron chi connectivity index (χ2n) is 5.94. The van der Waals surface area contributed by atoms with Crippen molar-refractivity contribution in [2.75, 3.05) is 13.7 Å². The van der Waals surface area contributed by atoms with Gasteiger partial charge >= 0.3 is 0 Å². The molecular formula is C17H18FN3O4. The first kappa shape index (κ1) is 16.9. The number of fused-ring (bicyclic) bond motifs is 1. The molecule has 1 aromatic heterocycles. The predicted octanol–water partition coefficient (Wildman–Crippen LogP) is 1.19. The number of nitrogens with zero attached hydrogens (tertiary/aromatic N) is 1. The molecule has 8 heteroatoms. The van der Waals surface area contributed by atoms with Crippen molar-refractivity contribution in [1.82, 2.24) is 10.3 Å². The molecule has 2 aromatic rings. The number of benzene rings is 1. The summed E-state index contributed by atoms with van der Waals surface area (Å²) in [7, 11) is 1.43. The third-order valence-corrected chi connectivity index (χ3v) is 4.39. The predicted molar refractivity (Wildman–Crippen MR) is 88.3 cm³/mol. The molecule has 2 heterocycles. The van der Waals surface area contributed by atoms with Crippen LogP contribution in [0.25, 0.3) is 10.8 Å². The number of amides is 2. The van der Waals surface area contributed by atoms with E-state index in [1.807, 2.05) is 0 Å². The molecule has 2 amide bonds. The molecule has 3 rings (SSSR count). The number of nitrogens with two attached hydrogens (primary N) is 1. The van der Waals surface area contributed by atoms with Crippen molar-refractivity contribution in [3.8, 4) is 11.6 Å². The van der Waals surface area contributed by atoms with Gasteiger partial charge in [0.2, 0.25) is 5.88 Å². The molecule has 25 heavy (non-hydrogen) atoms. The van der Waals surface area contributed by atoms with Gasteiger partial charge in [0.15, 0.2) is 6.17 Å². The summed E-state index contributed by atoms with van der Waals surface area (Å²) in [5, 5.41) is 3.89. The summed E-state index contributed by atoms with van der Waals surface area (Å²) in [4.78, 5) is 27.1. The van der Waals surface area contributed by atoms with E-state index in [1.54, 1.807) is 25.1 Å². The number of hydrogen-bond donors (Lipinski definition) is 2. The smallest absolute Gasteiger partial charge is 0.255 e. The molecule has 0 spiro atoms. The van der Waals surface area contributed by atoms with Gasteiger partial charge in [0.25, 0.3) is 11.8 Å². The summed E-state index contributed by atoms with van der Waals surface area (Å²) in [6.07, 6.45) is -0.00363. The van der Waals surface area contributed by atoms with Crippen molar-refractivity contribution in [3.63, 3.8) is 0 Å². The van der Waals surface area contributed by atoms with Crippen molar-refractivity contribution in [1.29, 1.82) is 0 Å². The lowest BCUT2D eigenvalue weighted by molar-refractivity contribution is -0.123. The van der Waals surface area contributed by atoms with E-state index in [9.17, 15) is 14.0 Å². The van der Waals surface area contributed by atoms with E-state index in [0.717, 1.165) is 0 Å². The maximum atomic E-state index is 13.6. The van der Waals surface area contributed by atoms with Crippen LogP contribution in [0.3, 0.4) is 0 Å². The zero-order valence-electron chi connectivity index (χ0n) is 13.8. The highest BCUT2D eigenvalue weighted by Gasteiger charge is 2.39. The van der Waals surface area contributed by atoms with Gasteiger partial charge in [-0.15, -0.1) is 0 Å². The second-order valence-corrected chi connectivity index (χ2v) is 5.94. The Bertz CT molecular complexity index is 842. The van der Waals surface area contributed by atoms with Gasteiger partial charge in [0.1, 0.15) is 12.4 Å². The van der Waals surface area contributed by atoms with E-state index in [4.69, 9.17) is 15.2 Å². The lowest BCUT2D eigenvalue weighted by Gasteiger charge is -2.17. The van der Waals surface area contributed by atoms with Gasteiger partial charge in [-0.25, -0.2) is 9.37 Å². The van der Waals surface area contributed by atoms with Gasteiger partial charge in [-0.3, -0.25) is 9.59 Å². The van der Waals surface area contributed by atoms with Gasteiger partial charge in [0, 0.05) is 17.5 Å². The van der Waals surface area contributed by atoms with Crippen molar-refractivity contribution in [2.24, 2.45) is 11.7 Å². The fourth-order valence-corrected chi connectivity index (χ4v) is 2.85. The van der Waals surface area contributed by atoms with Crippen LogP contribution in [0.4, 0.5) is 4.39 Å². The van der Waals surface area contributed by atoms with Crippen LogP contribution in [-0.4, -0.2) is 42.7 Å². The largest absolute Gasteiger partial charge is 0.496 e. The number of primary amides is 1. The van der Waals surface area contributed by atoms with Crippen molar-refractivity contribution < 1.29 is 23.5 Å². The summed E-state index contributed by atoms with van der Waals surface area (Å²) in [5.74, 6) is -1.10. The molecule has 1 aliphatic rings. The van der Waals surface area contributed by atoms with Crippen LogP contribution in [-0.2, 0) is 4.79 Å². The number of carbonyl (C=O) groups is 2. The highest BCUT2D eigenvalue weighted by atomic mass is 19.1. The number of halogens is 1. The lowest BCUT2D eigenvalue weighted by Crippen LogP contribution is -2.34. The van der Waals surface area contributed by atoms with Crippen LogP contribution < -0.4 is 20.5 Å². The Morgan fingerprint density at radius 3 is 2.80 bits per heavy atom. The van der Waals surface area contributed by atoms with Crippen LogP contribution >= 0.6 is 0 Å². The van der Waals surface area contributed by atoms with Crippen LogP contribution in [0.1, 0.15) is 17.3 Å². The van der Waals surface area contributed by atoms with Crippen LogP contribution in [0.5, 0.6) is 11.6 Å². The maximum Gasteiger partial charge on any atom is 0.255 e. The molecule has 1 aromatic carbocycles. The highest BCUT2D eigenvalue weighted by molar-refractivity contribution is 6.01. The van der Waals surface area contributed by atoms with Gasteiger partial charge in [-0.2, -0.15) is 0 Å². The van der Waals surface area contributed by atoms with Crippen LogP contribution in [0.2, 0.25) is 0 Å². The van der Waals surface area contributed by atoms with Gasteiger partial charge in [-0.05, 0) is 23.6 Å². The third-order valence-electron chi connectivity index (χ3n) is 4.39. The Hall–Kier alpha value is -2.90. The molecule has 3 atom stereocenters. The Morgan fingerprint density at radius 2 is 2.20 bits per heavy atom. The standard InChI is InChI=1S/C17H18FN3O4/c1-8-12(21-16(23)14(8)18)7-25-17-10-6-13(24-2)11(15(19)22)5-9(10)3-4-20-17/h3-6,8,12,14H,7H2,1-2H3,(H2,19,22)(H,21,23)/t8-,12+,14-/m0/s1. The summed E-state index contributed by atoms with van der Waals surface area (Å²) in [6.45, 7) is 1.73. The number of hydrogen-bond acceptors (Lipinski definition) is 5. The van der Waals surface area contributed by atoms with Crippen molar-refractivity contribution in [3.05, 3.63) is 30.0 Å². The van der Waals surface area contributed by atoms with Crippen molar-refractivity contribution in [2.45, 2.75) is 19.1 Å². The first-order valence-electron chi connectivity index (χ1n) is 7.76. The van der Waals surface area contributed by atoms with Gasteiger partial charge < -0.3 is 20.5 Å². The van der Waals surface area contributed by atoms with Crippen molar-refractivity contribution >= 4 is 22.6 Å². The highest BCUT2D eigenvalue weighted by Crippen LogP contribution is 2.31. The Balaban J connectivity index is 1.89. The number of pyridine rings is 1. The van der Waals surface area contributed by atoms with E-state index in [-0.39, 0.29) is 12.2 Å². The zero-order chi connectivity index (χ0) is 18.1. The van der Waals surface area contributed by atoms with Gasteiger partial charge in [-0.1, -0.05) is 6.92 Å². The van der Waals surface area contributed by atoms with E-state index < -0.39 is 29.9 Å². The topological polar surface area (TPSA) is 104 Å². The minimum Gasteiger partial charge on any atom is -0.496 e. The molecule has 0 bridgehead atoms. The summed E-state index contributed by atoms with van der Waals surface area (Å²) >= 11 is 0. The average molecular weight is 347 g/mol. The quantitative estimate of drug-likeness (QED) is 0.846. The molecule has 1 saturated heterocycles. The first-order chi connectivity index (χ1) is 11.9. The normalized spacial score (nSPS) is 22.7. The molecule has 0 aliphatic carbocycles. The monoisotopic (exact) mass is 347 g/mol. The van der Waals surface area contributed by atoms with E-state index in [2.05, 4.69) is 10.3 Å².